The van der Waals surface area contributed by atoms with Crippen LogP contribution >= 0.6 is 11.3 Å². The zero-order valence-corrected chi connectivity index (χ0v) is 12.8. The van der Waals surface area contributed by atoms with Crippen molar-refractivity contribution in [2.75, 3.05) is 0 Å². The molecule has 0 fully saturated rings. The highest BCUT2D eigenvalue weighted by Crippen LogP contribution is 2.28. The maximum absolute atomic E-state index is 13.1. The van der Waals surface area contributed by atoms with Gasteiger partial charge < -0.3 is 10.4 Å². The molecule has 1 amide bonds. The van der Waals surface area contributed by atoms with Crippen LogP contribution in [0.25, 0.3) is 10.1 Å². The van der Waals surface area contributed by atoms with Gasteiger partial charge in [-0.25, -0.2) is 4.39 Å². The third-order valence-electron chi connectivity index (χ3n) is 3.66. The van der Waals surface area contributed by atoms with Gasteiger partial charge in [-0.3, -0.25) is 4.79 Å². The average Bonchev–Trinajstić information content (AvgIpc) is 2.69. The Kier molecular flexibility index (Phi) is 3.60. The first kappa shape index (κ1) is 14.9. The number of halogens is 1. The minimum absolute atomic E-state index is 0.265. The van der Waals surface area contributed by atoms with Gasteiger partial charge in [-0.15, -0.1) is 11.3 Å². The number of rotatable bonds is 3. The largest absolute Gasteiger partial charge is 0.388 e. The molecule has 1 heterocycles. The van der Waals surface area contributed by atoms with E-state index < -0.39 is 11.1 Å². The van der Waals surface area contributed by atoms with Crippen molar-refractivity contribution in [3.63, 3.8) is 0 Å². The number of carbonyl (C=O) groups is 1. The van der Waals surface area contributed by atoms with Gasteiger partial charge in [0.2, 0.25) is 0 Å². The highest BCUT2D eigenvalue weighted by atomic mass is 32.1. The van der Waals surface area contributed by atoms with Crippen molar-refractivity contribution in [2.24, 2.45) is 0 Å². The van der Waals surface area contributed by atoms with Crippen LogP contribution in [-0.2, 0) is 0 Å². The minimum Gasteiger partial charge on any atom is -0.388 e. The second-order valence-electron chi connectivity index (χ2n) is 5.93. The molecule has 0 spiro atoms. The summed E-state index contributed by atoms with van der Waals surface area (Å²) < 4.78 is 13.9. The lowest BCUT2D eigenvalue weighted by atomic mass is 9.86. The molecular weight excluding hydrogens is 277 g/mol. The monoisotopic (exact) mass is 295 g/mol. The second kappa shape index (κ2) is 4.82. The Labute approximate surface area is 121 Å². The predicted molar refractivity (Wildman–Crippen MR) is 79.6 cm³/mol. The van der Waals surface area contributed by atoms with Gasteiger partial charge in [0.25, 0.3) is 5.91 Å². The number of amides is 1. The summed E-state index contributed by atoms with van der Waals surface area (Å²) in [5.41, 5.74) is -1.82. The molecule has 0 saturated heterocycles. The Morgan fingerprint density at radius 2 is 1.90 bits per heavy atom. The summed E-state index contributed by atoms with van der Waals surface area (Å²) >= 11 is 1.24. The van der Waals surface area contributed by atoms with Crippen LogP contribution in [0, 0.1) is 5.82 Å². The van der Waals surface area contributed by atoms with Crippen LogP contribution in [0.3, 0.4) is 0 Å². The van der Waals surface area contributed by atoms with E-state index in [9.17, 15) is 14.3 Å². The van der Waals surface area contributed by atoms with Crippen molar-refractivity contribution in [2.45, 2.75) is 38.8 Å². The van der Waals surface area contributed by atoms with Crippen LogP contribution < -0.4 is 5.32 Å². The quantitative estimate of drug-likeness (QED) is 0.912. The number of thiophene rings is 1. The third kappa shape index (κ3) is 2.83. The second-order valence-corrected chi connectivity index (χ2v) is 7.01. The molecule has 0 atom stereocenters. The first-order chi connectivity index (χ1) is 9.10. The van der Waals surface area contributed by atoms with E-state index in [-0.39, 0.29) is 11.7 Å². The summed E-state index contributed by atoms with van der Waals surface area (Å²) in [6.45, 7) is 6.82. The first-order valence-corrected chi connectivity index (χ1v) is 7.16. The number of carbonyl (C=O) groups excluding carboxylic acids is 1. The smallest absolute Gasteiger partial charge is 0.261 e. The van der Waals surface area contributed by atoms with E-state index in [0.717, 1.165) is 10.1 Å². The molecule has 0 saturated carbocycles. The molecule has 5 heteroatoms. The van der Waals surface area contributed by atoms with Gasteiger partial charge in [-0.05, 0) is 51.3 Å². The van der Waals surface area contributed by atoms with Crippen molar-refractivity contribution < 1.29 is 14.3 Å². The number of fused-ring (bicyclic) bond motifs is 1. The van der Waals surface area contributed by atoms with Crippen molar-refractivity contribution in [3.8, 4) is 0 Å². The van der Waals surface area contributed by atoms with Crippen molar-refractivity contribution in [1.29, 1.82) is 0 Å². The molecule has 2 aromatic rings. The minimum atomic E-state index is -1.05. The molecule has 0 aliphatic carbocycles. The summed E-state index contributed by atoms with van der Waals surface area (Å²) in [5.74, 6) is -0.582. The van der Waals surface area contributed by atoms with Gasteiger partial charge in [-0.1, -0.05) is 6.07 Å². The van der Waals surface area contributed by atoms with Crippen molar-refractivity contribution in [3.05, 3.63) is 35.0 Å². The fourth-order valence-corrected chi connectivity index (χ4v) is 2.60. The van der Waals surface area contributed by atoms with E-state index >= 15 is 0 Å². The predicted octanol–water partition coefficient (Wildman–Crippen LogP) is 3.32. The molecule has 2 rings (SSSR count). The maximum atomic E-state index is 13.1. The average molecular weight is 295 g/mol. The van der Waals surface area contributed by atoms with Gasteiger partial charge in [-0.2, -0.15) is 0 Å². The summed E-state index contributed by atoms with van der Waals surface area (Å²) in [6, 6.07) is 6.17. The van der Waals surface area contributed by atoms with E-state index in [0.29, 0.717) is 4.88 Å². The summed E-state index contributed by atoms with van der Waals surface area (Å²) in [6.07, 6.45) is 0. The van der Waals surface area contributed by atoms with E-state index in [1.165, 1.54) is 23.5 Å². The van der Waals surface area contributed by atoms with E-state index in [1.54, 1.807) is 39.8 Å². The molecule has 20 heavy (non-hydrogen) atoms. The molecule has 108 valence electrons. The molecule has 1 aromatic carbocycles. The van der Waals surface area contributed by atoms with Crippen LogP contribution in [0.5, 0.6) is 0 Å². The molecule has 0 unspecified atom stereocenters. The van der Waals surface area contributed by atoms with E-state index in [4.69, 9.17) is 0 Å². The number of hydrogen-bond acceptors (Lipinski definition) is 3. The molecule has 2 N–H and O–H groups in total. The number of hydrogen-bond donors (Lipinski definition) is 2. The highest BCUT2D eigenvalue weighted by Gasteiger charge is 2.36. The summed E-state index contributed by atoms with van der Waals surface area (Å²) in [5, 5.41) is 13.7. The molecule has 1 aromatic heterocycles. The van der Waals surface area contributed by atoms with Crippen LogP contribution in [0.4, 0.5) is 4.39 Å². The number of benzene rings is 1. The van der Waals surface area contributed by atoms with Crippen LogP contribution in [0.1, 0.15) is 37.4 Å². The molecule has 0 aliphatic heterocycles. The fraction of sp³-hybridized carbons (Fsp3) is 0.400. The third-order valence-corrected chi connectivity index (χ3v) is 4.76. The van der Waals surface area contributed by atoms with Crippen molar-refractivity contribution >= 4 is 27.3 Å². The normalized spacial score (nSPS) is 12.7. The van der Waals surface area contributed by atoms with Crippen LogP contribution in [0.2, 0.25) is 0 Å². The van der Waals surface area contributed by atoms with Gasteiger partial charge >= 0.3 is 0 Å². The lowest BCUT2D eigenvalue weighted by molar-refractivity contribution is -0.00284. The van der Waals surface area contributed by atoms with Gasteiger partial charge in [0.15, 0.2) is 0 Å². The molecule has 0 radical (unpaired) electrons. The molecule has 0 aliphatic rings. The lowest BCUT2D eigenvalue weighted by Gasteiger charge is -2.37. The number of aliphatic hydroxyl groups is 1. The molecular formula is C15H18FNO2S. The zero-order valence-electron chi connectivity index (χ0n) is 12.0. The van der Waals surface area contributed by atoms with Crippen LogP contribution in [-0.4, -0.2) is 22.2 Å². The Balaban J connectivity index is 2.28. The van der Waals surface area contributed by atoms with Gasteiger partial charge in [0.05, 0.1) is 16.0 Å². The number of nitrogens with one attached hydrogen (secondary N) is 1. The van der Waals surface area contributed by atoms with E-state index in [1.807, 2.05) is 0 Å². The maximum Gasteiger partial charge on any atom is 0.261 e. The SMILES string of the molecule is CC(C)(O)C(C)(C)NC(=O)c1cc2ccc(F)cc2s1. The summed E-state index contributed by atoms with van der Waals surface area (Å²) in [7, 11) is 0. The van der Waals surface area contributed by atoms with Crippen molar-refractivity contribution in [1.82, 2.24) is 5.32 Å². The van der Waals surface area contributed by atoms with E-state index in [2.05, 4.69) is 5.32 Å². The molecule has 3 nitrogen and oxygen atoms in total. The van der Waals surface area contributed by atoms with Gasteiger partial charge in [0.1, 0.15) is 5.82 Å². The van der Waals surface area contributed by atoms with Gasteiger partial charge in [0, 0.05) is 4.70 Å². The van der Waals surface area contributed by atoms with Crippen LogP contribution in [0.15, 0.2) is 24.3 Å². The Morgan fingerprint density at radius 1 is 1.25 bits per heavy atom. The molecule has 0 bridgehead atoms. The Morgan fingerprint density at radius 3 is 2.50 bits per heavy atom. The first-order valence-electron chi connectivity index (χ1n) is 6.34. The Hall–Kier alpha value is -1.46. The fourth-order valence-electron chi connectivity index (χ4n) is 1.62. The lowest BCUT2D eigenvalue weighted by Crippen LogP contribution is -2.57. The zero-order chi connectivity index (χ0) is 15.1. The highest BCUT2D eigenvalue weighted by molar-refractivity contribution is 7.20. The Bertz CT molecular complexity index is 655. The topological polar surface area (TPSA) is 49.3 Å². The standard InChI is InChI=1S/C15H18FNO2S/c1-14(2,15(3,4)19)17-13(18)12-7-9-5-6-10(16)8-11(9)20-12/h5-8,19H,1-4H3,(H,17,18). The summed E-state index contributed by atoms with van der Waals surface area (Å²) in [4.78, 5) is 12.8.